The van der Waals surface area contributed by atoms with E-state index >= 15 is 0 Å². The second-order valence-corrected chi connectivity index (χ2v) is 12.7. The maximum absolute atomic E-state index is 12.2. The molecule has 1 aliphatic carbocycles. The molecule has 19 heavy (non-hydrogen) atoms. The van der Waals surface area contributed by atoms with E-state index in [0.29, 0.717) is 24.3 Å². The van der Waals surface area contributed by atoms with E-state index in [1.54, 1.807) is 0 Å². The van der Waals surface area contributed by atoms with Gasteiger partial charge in [-0.15, -0.1) is 0 Å². The summed E-state index contributed by atoms with van der Waals surface area (Å²) < 4.78 is 10.7. The van der Waals surface area contributed by atoms with Crippen LogP contribution in [-0.4, -0.2) is 38.7 Å². The standard InChI is InChI=1S/C13H23IO4Si/c1-17-11(15)13(12(16)18-2)6-9(8-14)10(7-13)19(3,4)5/h9-10H,6-8H2,1-5H3/t9-,10-/m0/s1. The number of rotatable bonds is 4. The number of alkyl halides is 1. The first-order chi connectivity index (χ1) is 8.72. The molecule has 1 fully saturated rings. The minimum atomic E-state index is -1.43. The van der Waals surface area contributed by atoms with Crippen LogP contribution in [-0.2, 0) is 19.1 Å². The average Bonchev–Trinajstić information content (AvgIpc) is 2.77. The zero-order valence-corrected chi connectivity index (χ0v) is 15.4. The lowest BCUT2D eigenvalue weighted by molar-refractivity contribution is -0.168. The Morgan fingerprint density at radius 3 is 1.89 bits per heavy atom. The molecule has 0 radical (unpaired) electrons. The van der Waals surface area contributed by atoms with Gasteiger partial charge in [0.25, 0.3) is 0 Å². The second-order valence-electron chi connectivity index (χ2n) is 6.36. The number of esters is 2. The molecule has 110 valence electrons. The Kier molecular flexibility index (Phi) is 5.45. The van der Waals surface area contributed by atoms with E-state index in [4.69, 9.17) is 9.47 Å². The fourth-order valence-electron chi connectivity index (χ4n) is 3.20. The highest BCUT2D eigenvalue weighted by Crippen LogP contribution is 2.54. The van der Waals surface area contributed by atoms with Gasteiger partial charge in [-0.05, 0) is 24.3 Å². The molecule has 6 heteroatoms. The predicted octanol–water partition coefficient (Wildman–Crippen LogP) is 2.87. The molecule has 0 aromatic rings. The Bertz CT molecular complexity index is 348. The summed E-state index contributed by atoms with van der Waals surface area (Å²) in [7, 11) is 1.25. The van der Waals surface area contributed by atoms with Gasteiger partial charge in [-0.2, -0.15) is 0 Å². The molecule has 1 saturated carbocycles. The number of carbonyl (C=O) groups is 2. The Hall–Kier alpha value is -0.113. The van der Waals surface area contributed by atoms with Crippen molar-refractivity contribution in [2.24, 2.45) is 11.3 Å². The third-order valence-electron chi connectivity index (χ3n) is 4.21. The highest BCUT2D eigenvalue weighted by atomic mass is 127. The molecule has 0 aromatic carbocycles. The molecule has 0 spiro atoms. The van der Waals surface area contributed by atoms with Gasteiger partial charge in [0.1, 0.15) is 0 Å². The van der Waals surface area contributed by atoms with Crippen LogP contribution >= 0.6 is 22.6 Å². The van der Waals surface area contributed by atoms with Gasteiger partial charge in [0, 0.05) is 12.5 Å². The van der Waals surface area contributed by atoms with Gasteiger partial charge in [0.15, 0.2) is 5.41 Å². The van der Waals surface area contributed by atoms with Gasteiger partial charge < -0.3 is 9.47 Å². The number of ether oxygens (including phenoxy) is 2. The maximum Gasteiger partial charge on any atom is 0.323 e. The van der Waals surface area contributed by atoms with Gasteiger partial charge in [-0.3, -0.25) is 9.59 Å². The van der Waals surface area contributed by atoms with Crippen LogP contribution in [0.2, 0.25) is 25.2 Å². The molecule has 0 aromatic heterocycles. The highest BCUT2D eigenvalue weighted by Gasteiger charge is 2.59. The van der Waals surface area contributed by atoms with E-state index in [1.807, 2.05) is 0 Å². The molecule has 1 rings (SSSR count). The van der Waals surface area contributed by atoms with Crippen molar-refractivity contribution in [1.29, 1.82) is 0 Å². The van der Waals surface area contributed by atoms with Crippen LogP contribution in [0.15, 0.2) is 0 Å². The number of hydrogen-bond acceptors (Lipinski definition) is 4. The van der Waals surface area contributed by atoms with E-state index in [1.165, 1.54) is 14.2 Å². The van der Waals surface area contributed by atoms with E-state index in [0.717, 1.165) is 4.43 Å². The fraction of sp³-hybridized carbons (Fsp3) is 0.846. The monoisotopic (exact) mass is 398 g/mol. The van der Waals surface area contributed by atoms with Crippen molar-refractivity contribution in [3.05, 3.63) is 0 Å². The van der Waals surface area contributed by atoms with Crippen molar-refractivity contribution in [3.8, 4) is 0 Å². The number of hydrogen-bond donors (Lipinski definition) is 0. The Morgan fingerprint density at radius 2 is 1.63 bits per heavy atom. The number of halogens is 1. The summed E-state index contributed by atoms with van der Waals surface area (Å²) in [5.41, 5.74) is -0.632. The van der Waals surface area contributed by atoms with Gasteiger partial charge in [0.2, 0.25) is 0 Å². The molecular weight excluding hydrogens is 375 g/mol. The van der Waals surface area contributed by atoms with Crippen molar-refractivity contribution in [3.63, 3.8) is 0 Å². The highest BCUT2D eigenvalue weighted by molar-refractivity contribution is 14.1. The van der Waals surface area contributed by atoms with Crippen molar-refractivity contribution in [2.45, 2.75) is 38.0 Å². The van der Waals surface area contributed by atoms with Crippen molar-refractivity contribution in [2.75, 3.05) is 18.6 Å². The summed E-state index contributed by atoms with van der Waals surface area (Å²) in [6.45, 7) is 6.88. The van der Waals surface area contributed by atoms with E-state index < -0.39 is 25.4 Å². The van der Waals surface area contributed by atoms with Crippen LogP contribution in [0.3, 0.4) is 0 Å². The quantitative estimate of drug-likeness (QED) is 0.240. The van der Waals surface area contributed by atoms with Gasteiger partial charge in [0.05, 0.1) is 14.2 Å². The second kappa shape index (κ2) is 6.11. The summed E-state index contributed by atoms with van der Waals surface area (Å²) in [5.74, 6) is -0.477. The Morgan fingerprint density at radius 1 is 1.16 bits per heavy atom. The first kappa shape index (κ1) is 16.9. The van der Waals surface area contributed by atoms with E-state index in [-0.39, 0.29) is 0 Å². The molecule has 4 nitrogen and oxygen atoms in total. The molecular formula is C13H23IO4Si. The topological polar surface area (TPSA) is 52.6 Å². The molecule has 0 bridgehead atoms. The summed E-state index contributed by atoms with van der Waals surface area (Å²) in [6.07, 6.45) is 1.14. The molecule has 0 unspecified atom stereocenters. The maximum atomic E-state index is 12.2. The minimum Gasteiger partial charge on any atom is -0.468 e. The third-order valence-corrected chi connectivity index (χ3v) is 8.24. The number of methoxy groups -OCH3 is 2. The van der Waals surface area contributed by atoms with E-state index in [9.17, 15) is 9.59 Å². The molecule has 0 aliphatic heterocycles. The average molecular weight is 398 g/mol. The van der Waals surface area contributed by atoms with Crippen LogP contribution in [0.5, 0.6) is 0 Å². The fourth-order valence-corrected chi connectivity index (χ4v) is 7.21. The molecule has 0 saturated heterocycles. The summed E-state index contributed by atoms with van der Waals surface area (Å²) in [5, 5.41) is 0. The molecule has 1 aliphatic rings. The third kappa shape index (κ3) is 3.15. The summed E-state index contributed by atoms with van der Waals surface area (Å²) in [4.78, 5) is 24.3. The normalized spacial score (nSPS) is 26.0. The molecule has 2 atom stereocenters. The lowest BCUT2D eigenvalue weighted by Gasteiger charge is -2.30. The lowest BCUT2D eigenvalue weighted by Crippen LogP contribution is -2.40. The van der Waals surface area contributed by atoms with E-state index in [2.05, 4.69) is 42.2 Å². The Labute approximate surface area is 129 Å². The molecule has 0 heterocycles. The van der Waals surface area contributed by atoms with Crippen LogP contribution in [0.4, 0.5) is 0 Å². The summed E-state index contributed by atoms with van der Waals surface area (Å²) in [6, 6.07) is 0. The van der Waals surface area contributed by atoms with Crippen molar-refractivity contribution >= 4 is 42.6 Å². The van der Waals surface area contributed by atoms with Crippen LogP contribution in [0.25, 0.3) is 0 Å². The van der Waals surface area contributed by atoms with Gasteiger partial charge in [-0.25, -0.2) is 0 Å². The van der Waals surface area contributed by atoms with Crippen LogP contribution < -0.4 is 0 Å². The molecule has 0 N–H and O–H groups in total. The Balaban J connectivity index is 3.16. The molecule has 0 amide bonds. The minimum absolute atomic E-state index is 0.394. The van der Waals surface area contributed by atoms with Crippen molar-refractivity contribution in [1.82, 2.24) is 0 Å². The smallest absolute Gasteiger partial charge is 0.323 e. The van der Waals surface area contributed by atoms with Crippen molar-refractivity contribution < 1.29 is 19.1 Å². The summed E-state index contributed by atoms with van der Waals surface area (Å²) >= 11 is 2.35. The lowest BCUT2D eigenvalue weighted by atomic mass is 9.85. The van der Waals surface area contributed by atoms with Crippen LogP contribution in [0.1, 0.15) is 12.8 Å². The van der Waals surface area contributed by atoms with Gasteiger partial charge >= 0.3 is 11.9 Å². The first-order valence-electron chi connectivity index (χ1n) is 6.45. The van der Waals surface area contributed by atoms with Gasteiger partial charge in [-0.1, -0.05) is 42.2 Å². The van der Waals surface area contributed by atoms with Crippen LogP contribution in [0, 0.1) is 11.3 Å². The predicted molar refractivity (Wildman–Crippen MR) is 85.2 cm³/mol. The zero-order chi connectivity index (χ0) is 14.8. The zero-order valence-electron chi connectivity index (χ0n) is 12.3. The SMILES string of the molecule is COC(=O)C1(C(=O)OC)C[C@@H](CI)[C@@H]([Si](C)(C)C)C1. The largest absolute Gasteiger partial charge is 0.468 e. The number of carbonyl (C=O) groups excluding carboxylic acids is 2. The first-order valence-corrected chi connectivity index (χ1v) is 11.6.